The lowest BCUT2D eigenvalue weighted by Crippen LogP contribution is -2.18. The highest BCUT2D eigenvalue weighted by Gasteiger charge is 2.21. The Morgan fingerprint density at radius 1 is 1.50 bits per heavy atom. The maximum absolute atomic E-state index is 4.62. The first kappa shape index (κ1) is 9.78. The number of nitrogens with zero attached hydrogens (tertiary/aromatic N) is 3. The summed E-state index contributed by atoms with van der Waals surface area (Å²) in [5, 5.41) is 3.50. The molecule has 0 aromatic carbocycles. The van der Waals surface area contributed by atoms with E-state index in [1.54, 1.807) is 0 Å². The van der Waals surface area contributed by atoms with Crippen LogP contribution in [0.1, 0.15) is 25.6 Å². The summed E-state index contributed by atoms with van der Waals surface area (Å²) >= 11 is 0. The Kier molecular flexibility index (Phi) is 2.36. The molecule has 1 saturated carbocycles. The molecule has 16 heavy (non-hydrogen) atoms. The van der Waals surface area contributed by atoms with Crippen LogP contribution in [-0.4, -0.2) is 20.6 Å². The predicted octanol–water partition coefficient (Wildman–Crippen LogP) is 1.70. The molecule has 0 bridgehead atoms. The SMILES string of the molecule is CCn1c(CNC2CC2)nc2cccnc21. The third-order valence-corrected chi connectivity index (χ3v) is 3.03. The summed E-state index contributed by atoms with van der Waals surface area (Å²) in [6, 6.07) is 4.68. The maximum Gasteiger partial charge on any atom is 0.160 e. The van der Waals surface area contributed by atoms with E-state index in [2.05, 4.69) is 26.8 Å². The maximum atomic E-state index is 4.62. The van der Waals surface area contributed by atoms with E-state index in [4.69, 9.17) is 0 Å². The molecule has 0 radical (unpaired) electrons. The lowest BCUT2D eigenvalue weighted by Gasteiger charge is -2.05. The smallest absolute Gasteiger partial charge is 0.160 e. The highest BCUT2D eigenvalue weighted by atomic mass is 15.1. The van der Waals surface area contributed by atoms with Crippen LogP contribution in [0, 0.1) is 0 Å². The zero-order valence-electron chi connectivity index (χ0n) is 9.48. The quantitative estimate of drug-likeness (QED) is 0.846. The number of hydrogen-bond acceptors (Lipinski definition) is 3. The van der Waals surface area contributed by atoms with Crippen molar-refractivity contribution in [3.63, 3.8) is 0 Å². The van der Waals surface area contributed by atoms with Gasteiger partial charge in [0, 0.05) is 18.8 Å². The van der Waals surface area contributed by atoms with Gasteiger partial charge in [0.15, 0.2) is 5.65 Å². The van der Waals surface area contributed by atoms with Gasteiger partial charge in [0.2, 0.25) is 0 Å². The van der Waals surface area contributed by atoms with E-state index >= 15 is 0 Å². The first-order valence-electron chi connectivity index (χ1n) is 5.92. The van der Waals surface area contributed by atoms with E-state index in [1.165, 1.54) is 12.8 Å². The molecule has 0 aliphatic heterocycles. The molecule has 0 unspecified atom stereocenters. The fourth-order valence-corrected chi connectivity index (χ4v) is 2.00. The molecule has 0 atom stereocenters. The van der Waals surface area contributed by atoms with Crippen LogP contribution in [0.15, 0.2) is 18.3 Å². The number of aryl methyl sites for hydroxylation is 1. The molecular weight excluding hydrogens is 200 g/mol. The Morgan fingerprint density at radius 2 is 2.38 bits per heavy atom. The van der Waals surface area contributed by atoms with Crippen molar-refractivity contribution in [3.05, 3.63) is 24.2 Å². The number of aromatic nitrogens is 3. The summed E-state index contributed by atoms with van der Waals surface area (Å²) < 4.78 is 2.19. The normalized spacial score (nSPS) is 15.8. The van der Waals surface area contributed by atoms with E-state index in [1.807, 2.05) is 18.3 Å². The Balaban J connectivity index is 1.94. The minimum absolute atomic E-state index is 0.720. The van der Waals surface area contributed by atoms with Gasteiger partial charge in [-0.2, -0.15) is 0 Å². The van der Waals surface area contributed by atoms with Gasteiger partial charge in [0.05, 0.1) is 6.54 Å². The molecule has 84 valence electrons. The summed E-state index contributed by atoms with van der Waals surface area (Å²) in [7, 11) is 0. The third-order valence-electron chi connectivity index (χ3n) is 3.03. The van der Waals surface area contributed by atoms with Crippen molar-refractivity contribution in [1.29, 1.82) is 0 Å². The number of pyridine rings is 1. The van der Waals surface area contributed by atoms with Gasteiger partial charge in [0.25, 0.3) is 0 Å². The summed E-state index contributed by atoms with van der Waals surface area (Å²) in [5.74, 6) is 1.10. The highest BCUT2D eigenvalue weighted by Crippen LogP contribution is 2.20. The van der Waals surface area contributed by atoms with E-state index in [9.17, 15) is 0 Å². The molecule has 2 aromatic heterocycles. The van der Waals surface area contributed by atoms with Gasteiger partial charge in [-0.25, -0.2) is 9.97 Å². The molecule has 0 amide bonds. The predicted molar refractivity (Wildman–Crippen MR) is 63.1 cm³/mol. The first-order valence-corrected chi connectivity index (χ1v) is 5.92. The standard InChI is InChI=1S/C12H16N4/c1-2-16-11(8-14-9-5-6-9)15-10-4-3-7-13-12(10)16/h3-4,7,9,14H,2,5-6,8H2,1H3. The van der Waals surface area contributed by atoms with E-state index in [0.29, 0.717) is 0 Å². The topological polar surface area (TPSA) is 42.7 Å². The van der Waals surface area contributed by atoms with Crippen LogP contribution >= 0.6 is 0 Å². The molecule has 0 saturated heterocycles. The van der Waals surface area contributed by atoms with Gasteiger partial charge >= 0.3 is 0 Å². The number of fused-ring (bicyclic) bond motifs is 1. The first-order chi connectivity index (χ1) is 7.88. The summed E-state index contributed by atoms with van der Waals surface area (Å²) in [4.78, 5) is 9.01. The largest absolute Gasteiger partial charge is 0.312 e. The molecule has 4 heteroatoms. The lowest BCUT2D eigenvalue weighted by atomic mass is 10.4. The van der Waals surface area contributed by atoms with E-state index < -0.39 is 0 Å². The fraction of sp³-hybridized carbons (Fsp3) is 0.500. The molecule has 3 rings (SSSR count). The average molecular weight is 216 g/mol. The van der Waals surface area contributed by atoms with Crippen molar-refractivity contribution in [3.8, 4) is 0 Å². The molecule has 1 N–H and O–H groups in total. The van der Waals surface area contributed by atoms with E-state index in [-0.39, 0.29) is 0 Å². The molecule has 4 nitrogen and oxygen atoms in total. The number of rotatable bonds is 4. The van der Waals surface area contributed by atoms with Crippen molar-refractivity contribution in [2.45, 2.75) is 38.9 Å². The molecule has 0 spiro atoms. The third kappa shape index (κ3) is 1.69. The number of hydrogen-bond donors (Lipinski definition) is 1. The number of nitrogens with one attached hydrogen (secondary N) is 1. The monoisotopic (exact) mass is 216 g/mol. The van der Waals surface area contributed by atoms with Crippen LogP contribution < -0.4 is 5.32 Å². The average Bonchev–Trinajstić information content (AvgIpc) is 3.07. The Labute approximate surface area is 94.7 Å². The van der Waals surface area contributed by atoms with Gasteiger partial charge in [-0.3, -0.25) is 0 Å². The van der Waals surface area contributed by atoms with Gasteiger partial charge in [-0.05, 0) is 31.9 Å². The summed E-state index contributed by atoms with van der Waals surface area (Å²) in [6.45, 7) is 3.92. The Bertz CT molecular complexity index is 499. The molecule has 1 aliphatic carbocycles. The molecule has 2 aromatic rings. The van der Waals surface area contributed by atoms with Crippen LogP contribution in [0.2, 0.25) is 0 Å². The second-order valence-electron chi connectivity index (χ2n) is 4.27. The minimum Gasteiger partial charge on any atom is -0.312 e. The zero-order valence-corrected chi connectivity index (χ0v) is 9.48. The fourth-order valence-electron chi connectivity index (χ4n) is 2.00. The van der Waals surface area contributed by atoms with Crippen LogP contribution in [0.5, 0.6) is 0 Å². The van der Waals surface area contributed by atoms with Gasteiger partial charge in [-0.15, -0.1) is 0 Å². The van der Waals surface area contributed by atoms with Crippen LogP contribution in [0.25, 0.3) is 11.2 Å². The van der Waals surface area contributed by atoms with Crippen LogP contribution in [0.4, 0.5) is 0 Å². The summed E-state index contributed by atoms with van der Waals surface area (Å²) in [6.07, 6.45) is 4.45. The van der Waals surface area contributed by atoms with Crippen molar-refractivity contribution >= 4 is 11.2 Å². The van der Waals surface area contributed by atoms with Gasteiger partial charge < -0.3 is 9.88 Å². The second kappa shape index (κ2) is 3.87. The van der Waals surface area contributed by atoms with Crippen molar-refractivity contribution in [2.75, 3.05) is 0 Å². The van der Waals surface area contributed by atoms with Crippen LogP contribution in [0.3, 0.4) is 0 Å². The molecule has 1 fully saturated rings. The molecular formula is C12H16N4. The Morgan fingerprint density at radius 3 is 3.12 bits per heavy atom. The van der Waals surface area contributed by atoms with E-state index in [0.717, 1.165) is 36.1 Å². The van der Waals surface area contributed by atoms with Crippen molar-refractivity contribution in [1.82, 2.24) is 19.9 Å². The lowest BCUT2D eigenvalue weighted by molar-refractivity contribution is 0.616. The van der Waals surface area contributed by atoms with Gasteiger partial charge in [0.1, 0.15) is 11.3 Å². The second-order valence-corrected chi connectivity index (χ2v) is 4.27. The van der Waals surface area contributed by atoms with Crippen LogP contribution in [-0.2, 0) is 13.1 Å². The zero-order chi connectivity index (χ0) is 11.0. The van der Waals surface area contributed by atoms with Crippen molar-refractivity contribution < 1.29 is 0 Å². The molecule has 2 heterocycles. The minimum atomic E-state index is 0.720. The highest BCUT2D eigenvalue weighted by molar-refractivity contribution is 5.71. The summed E-state index contributed by atoms with van der Waals surface area (Å²) in [5.41, 5.74) is 1.99. The van der Waals surface area contributed by atoms with Crippen molar-refractivity contribution in [2.24, 2.45) is 0 Å². The number of imidazole rings is 1. The molecule has 1 aliphatic rings. The Hall–Kier alpha value is -1.42. The van der Waals surface area contributed by atoms with Gasteiger partial charge in [-0.1, -0.05) is 0 Å².